The normalized spacial score (nSPS) is 10.3. The topological polar surface area (TPSA) is 93.8 Å². The van der Waals surface area contributed by atoms with Crippen LogP contribution in [0.4, 0.5) is 11.6 Å². The molecule has 2 rings (SSSR count). The summed E-state index contributed by atoms with van der Waals surface area (Å²) in [6.45, 7) is 4.20. The Kier molecular flexibility index (Phi) is 4.19. The first kappa shape index (κ1) is 13.9. The Morgan fingerprint density at radius 2 is 2.00 bits per heavy atom. The van der Waals surface area contributed by atoms with Gasteiger partial charge in [-0.15, -0.1) is 0 Å². The molecule has 20 heavy (non-hydrogen) atoms. The summed E-state index contributed by atoms with van der Waals surface area (Å²) in [6, 6.07) is 3.63. The fourth-order valence-corrected chi connectivity index (χ4v) is 1.92. The maximum Gasteiger partial charge on any atom is 0.312 e. The first-order valence-corrected chi connectivity index (χ1v) is 6.26. The van der Waals surface area contributed by atoms with Crippen LogP contribution in [-0.4, -0.2) is 26.4 Å². The Morgan fingerprint density at radius 3 is 2.60 bits per heavy atom. The van der Waals surface area contributed by atoms with Crippen LogP contribution < -0.4 is 5.32 Å². The van der Waals surface area contributed by atoms with Gasteiger partial charge in [-0.3, -0.25) is 15.1 Å². The molecule has 0 spiro atoms. The Morgan fingerprint density at radius 1 is 1.30 bits per heavy atom. The average molecular weight is 273 g/mol. The summed E-state index contributed by atoms with van der Waals surface area (Å²) in [5.74, 6) is 0.416. The van der Waals surface area contributed by atoms with Gasteiger partial charge in [-0.2, -0.15) is 0 Å². The Hall–Kier alpha value is -2.57. The highest BCUT2D eigenvalue weighted by atomic mass is 16.6. The van der Waals surface area contributed by atoms with Crippen molar-refractivity contribution in [1.82, 2.24) is 15.0 Å². The molecule has 0 radical (unpaired) electrons. The summed E-state index contributed by atoms with van der Waals surface area (Å²) < 4.78 is 0. The van der Waals surface area contributed by atoms with E-state index in [1.807, 2.05) is 19.1 Å². The van der Waals surface area contributed by atoms with Gasteiger partial charge < -0.3 is 5.32 Å². The fraction of sp³-hybridized carbons (Fsp3) is 0.308. The largest absolute Gasteiger partial charge is 0.354 e. The van der Waals surface area contributed by atoms with Crippen molar-refractivity contribution in [2.24, 2.45) is 0 Å². The molecular weight excluding hydrogens is 258 g/mol. The number of hydrogen-bond acceptors (Lipinski definition) is 6. The van der Waals surface area contributed by atoms with Gasteiger partial charge in [0, 0.05) is 25.4 Å². The van der Waals surface area contributed by atoms with Crippen molar-refractivity contribution in [2.75, 3.05) is 11.9 Å². The van der Waals surface area contributed by atoms with Crippen LogP contribution in [0.2, 0.25) is 0 Å². The Balaban J connectivity index is 2.45. The van der Waals surface area contributed by atoms with E-state index in [1.54, 1.807) is 19.3 Å². The fourth-order valence-electron chi connectivity index (χ4n) is 1.92. The van der Waals surface area contributed by atoms with Crippen LogP contribution in [-0.2, 0) is 6.42 Å². The van der Waals surface area contributed by atoms with Crippen molar-refractivity contribution in [3.63, 3.8) is 0 Å². The van der Waals surface area contributed by atoms with Gasteiger partial charge in [0.15, 0.2) is 0 Å². The highest BCUT2D eigenvalue weighted by Crippen LogP contribution is 2.24. The van der Waals surface area contributed by atoms with E-state index in [-0.39, 0.29) is 5.69 Å². The van der Waals surface area contributed by atoms with E-state index < -0.39 is 4.92 Å². The lowest BCUT2D eigenvalue weighted by Gasteiger charge is -2.08. The number of pyridine rings is 1. The van der Waals surface area contributed by atoms with E-state index in [9.17, 15) is 10.1 Å². The molecule has 0 saturated carbocycles. The van der Waals surface area contributed by atoms with E-state index in [2.05, 4.69) is 20.3 Å². The second-order valence-corrected chi connectivity index (χ2v) is 4.25. The quantitative estimate of drug-likeness (QED) is 0.662. The molecule has 0 saturated heterocycles. The molecule has 1 N–H and O–H groups in total. The molecule has 2 aromatic rings. The van der Waals surface area contributed by atoms with Crippen molar-refractivity contribution in [3.8, 4) is 0 Å². The third-order valence-corrected chi connectivity index (χ3v) is 2.77. The van der Waals surface area contributed by atoms with Crippen LogP contribution in [0.3, 0.4) is 0 Å². The summed E-state index contributed by atoms with van der Waals surface area (Å²) in [6.07, 6.45) is 3.68. The minimum absolute atomic E-state index is 0.0246. The van der Waals surface area contributed by atoms with Crippen LogP contribution in [0, 0.1) is 17.0 Å². The lowest BCUT2D eigenvalue weighted by atomic mass is 10.1. The van der Waals surface area contributed by atoms with Gasteiger partial charge in [0.1, 0.15) is 11.4 Å². The number of aromatic nitrogens is 3. The number of aryl methyl sites for hydroxylation is 1. The summed E-state index contributed by atoms with van der Waals surface area (Å²) in [4.78, 5) is 23.1. The third-order valence-electron chi connectivity index (χ3n) is 2.77. The molecule has 2 aromatic heterocycles. The van der Waals surface area contributed by atoms with Gasteiger partial charge in [-0.1, -0.05) is 0 Å². The number of nitro groups is 1. The molecule has 0 unspecified atom stereocenters. The Labute approximate surface area is 116 Å². The molecule has 7 nitrogen and oxygen atoms in total. The van der Waals surface area contributed by atoms with Crippen molar-refractivity contribution in [2.45, 2.75) is 20.3 Å². The SMILES string of the molecule is CCNc1nc(C)c([N+](=O)[O-])c(Cc2ccncc2)n1. The van der Waals surface area contributed by atoms with E-state index in [1.165, 1.54) is 0 Å². The monoisotopic (exact) mass is 273 g/mol. The second-order valence-electron chi connectivity index (χ2n) is 4.25. The highest BCUT2D eigenvalue weighted by Gasteiger charge is 2.21. The molecule has 0 bridgehead atoms. The van der Waals surface area contributed by atoms with Crippen molar-refractivity contribution >= 4 is 11.6 Å². The molecule has 0 atom stereocenters. The lowest BCUT2D eigenvalue weighted by Crippen LogP contribution is -2.09. The molecule has 0 aliphatic heterocycles. The number of hydrogen-bond donors (Lipinski definition) is 1. The van der Waals surface area contributed by atoms with Gasteiger partial charge in [-0.25, -0.2) is 9.97 Å². The first-order valence-electron chi connectivity index (χ1n) is 6.26. The zero-order valence-corrected chi connectivity index (χ0v) is 11.3. The number of nitrogens with one attached hydrogen (secondary N) is 1. The lowest BCUT2D eigenvalue weighted by molar-refractivity contribution is -0.386. The molecule has 104 valence electrons. The summed E-state index contributed by atoms with van der Waals surface area (Å²) in [5, 5.41) is 14.2. The Bertz CT molecular complexity index is 616. The first-order chi connectivity index (χ1) is 9.61. The van der Waals surface area contributed by atoms with Crippen LogP contribution >= 0.6 is 0 Å². The zero-order valence-electron chi connectivity index (χ0n) is 11.3. The standard InChI is InChI=1S/C13H15N5O2/c1-3-15-13-16-9(2)12(18(19)20)11(17-13)8-10-4-6-14-7-5-10/h4-7H,3,8H2,1-2H3,(H,15,16,17). The van der Waals surface area contributed by atoms with Gasteiger partial charge in [0.05, 0.1) is 4.92 Å². The van der Waals surface area contributed by atoms with Gasteiger partial charge >= 0.3 is 5.69 Å². The molecule has 0 fully saturated rings. The number of nitrogens with zero attached hydrogens (tertiary/aromatic N) is 4. The third kappa shape index (κ3) is 3.05. The number of anilines is 1. The predicted molar refractivity (Wildman–Crippen MR) is 74.6 cm³/mol. The molecule has 0 aromatic carbocycles. The van der Waals surface area contributed by atoms with Crippen molar-refractivity contribution < 1.29 is 4.92 Å². The molecule has 0 aliphatic carbocycles. The van der Waals surface area contributed by atoms with Crippen LogP contribution in [0.15, 0.2) is 24.5 Å². The van der Waals surface area contributed by atoms with Crippen LogP contribution in [0.25, 0.3) is 0 Å². The molecule has 7 heteroatoms. The summed E-state index contributed by atoms with van der Waals surface area (Å²) in [5.41, 5.74) is 1.67. The summed E-state index contributed by atoms with van der Waals surface area (Å²) in [7, 11) is 0. The van der Waals surface area contributed by atoms with Gasteiger partial charge in [-0.05, 0) is 31.5 Å². The predicted octanol–water partition coefficient (Wildman–Crippen LogP) is 2.11. The van der Waals surface area contributed by atoms with Crippen LogP contribution in [0.1, 0.15) is 23.9 Å². The maximum atomic E-state index is 11.2. The van der Waals surface area contributed by atoms with E-state index in [0.717, 1.165) is 5.56 Å². The van der Waals surface area contributed by atoms with Crippen LogP contribution in [0.5, 0.6) is 0 Å². The minimum atomic E-state index is -0.429. The van der Waals surface area contributed by atoms with E-state index in [0.29, 0.717) is 30.3 Å². The van der Waals surface area contributed by atoms with E-state index in [4.69, 9.17) is 0 Å². The molecule has 0 aliphatic rings. The van der Waals surface area contributed by atoms with Crippen molar-refractivity contribution in [1.29, 1.82) is 0 Å². The summed E-state index contributed by atoms with van der Waals surface area (Å²) >= 11 is 0. The minimum Gasteiger partial charge on any atom is -0.354 e. The van der Waals surface area contributed by atoms with E-state index >= 15 is 0 Å². The average Bonchev–Trinajstić information content (AvgIpc) is 2.39. The molecule has 2 heterocycles. The van der Waals surface area contributed by atoms with Gasteiger partial charge in [0.25, 0.3) is 0 Å². The smallest absolute Gasteiger partial charge is 0.312 e. The van der Waals surface area contributed by atoms with Crippen molar-refractivity contribution in [3.05, 3.63) is 51.6 Å². The molecular formula is C13H15N5O2. The number of rotatable bonds is 5. The molecule has 0 amide bonds. The highest BCUT2D eigenvalue weighted by molar-refractivity contribution is 5.46. The maximum absolute atomic E-state index is 11.2. The zero-order chi connectivity index (χ0) is 14.5. The second kappa shape index (κ2) is 6.05. The van der Waals surface area contributed by atoms with Gasteiger partial charge in [0.2, 0.25) is 5.95 Å².